The van der Waals surface area contributed by atoms with Crippen LogP contribution in [-0.2, 0) is 11.3 Å². The first kappa shape index (κ1) is 26.7. The van der Waals surface area contributed by atoms with Crippen LogP contribution in [0.1, 0.15) is 35.7 Å². The highest BCUT2D eigenvalue weighted by atomic mass is 16.6. The van der Waals surface area contributed by atoms with Crippen LogP contribution in [0.2, 0.25) is 0 Å². The molecular weight excluding hydrogens is 498 g/mol. The molecule has 0 saturated carbocycles. The van der Waals surface area contributed by atoms with Crippen molar-refractivity contribution < 1.29 is 19.1 Å². The van der Waals surface area contributed by atoms with E-state index in [0.29, 0.717) is 45.0 Å². The summed E-state index contributed by atoms with van der Waals surface area (Å²) in [5, 5.41) is 0. The minimum Gasteiger partial charge on any atom is -0.493 e. The number of benzene rings is 1. The van der Waals surface area contributed by atoms with Crippen LogP contribution < -0.4 is 10.3 Å². The van der Waals surface area contributed by atoms with E-state index in [4.69, 9.17) is 9.47 Å². The SMILES string of the molecule is CCOC(=O)N1CCN(Cc2ccc(OC[C@@H]3CCCN(C(=O)c4cnc5ccccn5c4=O)C3)cc2)CC1. The Hall–Kier alpha value is -3.92. The Balaban J connectivity index is 1.10. The van der Waals surface area contributed by atoms with Gasteiger partial charge in [-0.05, 0) is 49.6 Å². The predicted molar refractivity (Wildman–Crippen MR) is 146 cm³/mol. The van der Waals surface area contributed by atoms with Crippen molar-refractivity contribution in [1.29, 1.82) is 0 Å². The van der Waals surface area contributed by atoms with Crippen LogP contribution in [0.3, 0.4) is 0 Å². The summed E-state index contributed by atoms with van der Waals surface area (Å²) in [7, 11) is 0. The van der Waals surface area contributed by atoms with Gasteiger partial charge in [0.15, 0.2) is 0 Å². The van der Waals surface area contributed by atoms with E-state index in [0.717, 1.165) is 38.2 Å². The number of piperidine rings is 1. The molecule has 0 unspecified atom stereocenters. The molecule has 5 rings (SSSR count). The molecule has 2 amide bonds. The van der Waals surface area contributed by atoms with Gasteiger partial charge in [0.1, 0.15) is 17.0 Å². The largest absolute Gasteiger partial charge is 0.493 e. The second-order valence-corrected chi connectivity index (χ2v) is 10.1. The molecule has 10 nitrogen and oxygen atoms in total. The summed E-state index contributed by atoms with van der Waals surface area (Å²) in [5.74, 6) is 0.712. The Labute approximate surface area is 227 Å². The number of ether oxygens (including phenoxy) is 2. The number of nitrogens with zero attached hydrogens (tertiary/aromatic N) is 5. The van der Waals surface area contributed by atoms with Crippen molar-refractivity contribution in [3.8, 4) is 5.75 Å². The van der Waals surface area contributed by atoms with E-state index in [1.807, 2.05) is 25.1 Å². The molecule has 0 spiro atoms. The normalized spacial score (nSPS) is 18.2. The van der Waals surface area contributed by atoms with Crippen molar-refractivity contribution in [3.63, 3.8) is 0 Å². The first-order valence-corrected chi connectivity index (χ1v) is 13.6. The molecule has 10 heteroatoms. The number of carbonyl (C=O) groups excluding carboxylic acids is 2. The maximum Gasteiger partial charge on any atom is 0.409 e. The summed E-state index contributed by atoms with van der Waals surface area (Å²) in [6.07, 6.45) is 4.62. The summed E-state index contributed by atoms with van der Waals surface area (Å²) in [6.45, 7) is 7.69. The van der Waals surface area contributed by atoms with Gasteiger partial charge in [-0.15, -0.1) is 0 Å². The van der Waals surface area contributed by atoms with Crippen LogP contribution in [0.5, 0.6) is 5.75 Å². The highest BCUT2D eigenvalue weighted by Crippen LogP contribution is 2.21. The fraction of sp³-hybridized carbons (Fsp3) is 0.448. The average molecular weight is 534 g/mol. The standard InChI is InChI=1S/C29H35N5O5/c1-2-38-29(37)32-16-14-31(15-17-32)19-22-8-10-24(11-9-22)39-21-23-6-5-12-33(20-23)27(35)25-18-30-26-7-3-4-13-34(26)28(25)36/h3-4,7-11,13,18,23H,2,5-6,12,14-17,19-21H2,1H3/t23-/m1/s1. The van der Waals surface area contributed by atoms with Crippen LogP contribution in [0.25, 0.3) is 5.65 Å². The van der Waals surface area contributed by atoms with Crippen molar-refractivity contribution in [3.05, 3.63) is 76.3 Å². The Morgan fingerprint density at radius 2 is 1.79 bits per heavy atom. The maximum absolute atomic E-state index is 13.2. The Morgan fingerprint density at radius 3 is 2.56 bits per heavy atom. The summed E-state index contributed by atoms with van der Waals surface area (Å²) < 4.78 is 12.6. The molecule has 2 aliphatic rings. The lowest BCUT2D eigenvalue weighted by Crippen LogP contribution is -2.48. The number of fused-ring (bicyclic) bond motifs is 1. The molecule has 1 aromatic carbocycles. The third-order valence-electron chi connectivity index (χ3n) is 7.36. The molecule has 2 aromatic heterocycles. The van der Waals surface area contributed by atoms with Crippen LogP contribution in [0, 0.1) is 5.92 Å². The van der Waals surface area contributed by atoms with E-state index in [1.165, 1.54) is 16.2 Å². The number of aromatic nitrogens is 2. The minimum absolute atomic E-state index is 0.0955. The van der Waals surface area contributed by atoms with E-state index >= 15 is 0 Å². The van der Waals surface area contributed by atoms with E-state index in [1.54, 1.807) is 28.1 Å². The van der Waals surface area contributed by atoms with E-state index in [-0.39, 0.29) is 29.0 Å². The number of rotatable bonds is 7. The van der Waals surface area contributed by atoms with Gasteiger partial charge in [0.2, 0.25) is 0 Å². The highest BCUT2D eigenvalue weighted by Gasteiger charge is 2.27. The van der Waals surface area contributed by atoms with Crippen LogP contribution in [-0.4, -0.2) is 88.6 Å². The summed E-state index contributed by atoms with van der Waals surface area (Å²) in [4.78, 5) is 48.0. The van der Waals surface area contributed by atoms with Crippen molar-refractivity contribution >= 4 is 17.6 Å². The number of likely N-dealkylation sites (tertiary alicyclic amines) is 1. The van der Waals surface area contributed by atoms with Gasteiger partial charge in [-0.25, -0.2) is 9.78 Å². The zero-order chi connectivity index (χ0) is 27.2. The molecule has 0 radical (unpaired) electrons. The van der Waals surface area contributed by atoms with Crippen molar-refractivity contribution in [2.45, 2.75) is 26.3 Å². The number of hydrogen-bond acceptors (Lipinski definition) is 7. The fourth-order valence-corrected chi connectivity index (χ4v) is 5.20. The molecule has 2 fully saturated rings. The lowest BCUT2D eigenvalue weighted by Gasteiger charge is -2.34. The number of carbonyl (C=O) groups is 2. The maximum atomic E-state index is 13.2. The predicted octanol–water partition coefficient (Wildman–Crippen LogP) is 2.90. The molecule has 2 aliphatic heterocycles. The van der Waals surface area contributed by atoms with E-state index < -0.39 is 0 Å². The lowest BCUT2D eigenvalue weighted by molar-refractivity contribution is 0.0630. The Kier molecular flexibility index (Phi) is 8.41. The lowest BCUT2D eigenvalue weighted by atomic mass is 9.98. The smallest absolute Gasteiger partial charge is 0.409 e. The first-order valence-electron chi connectivity index (χ1n) is 13.6. The van der Waals surface area contributed by atoms with Crippen molar-refractivity contribution in [2.75, 3.05) is 52.5 Å². The van der Waals surface area contributed by atoms with Crippen LogP contribution in [0.4, 0.5) is 4.79 Å². The van der Waals surface area contributed by atoms with Crippen molar-refractivity contribution in [1.82, 2.24) is 24.1 Å². The average Bonchev–Trinajstić information content (AvgIpc) is 2.97. The minimum atomic E-state index is -0.343. The monoisotopic (exact) mass is 533 g/mol. The molecule has 3 aromatic rings. The topological polar surface area (TPSA) is 96.7 Å². The Bertz CT molecular complexity index is 1350. The van der Waals surface area contributed by atoms with Gasteiger partial charge in [-0.2, -0.15) is 0 Å². The molecule has 2 saturated heterocycles. The van der Waals surface area contributed by atoms with Crippen LogP contribution in [0.15, 0.2) is 59.7 Å². The Morgan fingerprint density at radius 1 is 1.00 bits per heavy atom. The summed E-state index contributed by atoms with van der Waals surface area (Å²) in [5.41, 5.74) is 1.46. The molecule has 0 N–H and O–H groups in total. The number of amides is 2. The third kappa shape index (κ3) is 6.39. The highest BCUT2D eigenvalue weighted by molar-refractivity contribution is 5.93. The van der Waals surface area contributed by atoms with Gasteiger partial charge in [0.05, 0.1) is 13.2 Å². The molecule has 1 atom stereocenters. The molecular formula is C29H35N5O5. The zero-order valence-electron chi connectivity index (χ0n) is 22.3. The second kappa shape index (κ2) is 12.3. The van der Waals surface area contributed by atoms with Crippen molar-refractivity contribution in [2.24, 2.45) is 5.92 Å². The summed E-state index contributed by atoms with van der Waals surface area (Å²) >= 11 is 0. The zero-order valence-corrected chi connectivity index (χ0v) is 22.3. The number of hydrogen-bond donors (Lipinski definition) is 0. The molecule has 206 valence electrons. The summed E-state index contributed by atoms with van der Waals surface area (Å²) in [6, 6.07) is 13.4. The molecule has 0 bridgehead atoms. The first-order chi connectivity index (χ1) is 19.0. The van der Waals surface area contributed by atoms with Crippen LogP contribution >= 0.6 is 0 Å². The molecule has 39 heavy (non-hydrogen) atoms. The van der Waals surface area contributed by atoms with Gasteiger partial charge in [0.25, 0.3) is 11.5 Å². The van der Waals surface area contributed by atoms with Gasteiger partial charge in [-0.1, -0.05) is 18.2 Å². The van der Waals surface area contributed by atoms with Gasteiger partial charge >= 0.3 is 6.09 Å². The fourth-order valence-electron chi connectivity index (χ4n) is 5.20. The second-order valence-electron chi connectivity index (χ2n) is 10.1. The quantitative estimate of drug-likeness (QED) is 0.461. The number of pyridine rings is 1. The van der Waals surface area contributed by atoms with Gasteiger partial charge in [0, 0.05) is 64.1 Å². The molecule has 4 heterocycles. The van der Waals surface area contributed by atoms with E-state index in [9.17, 15) is 14.4 Å². The third-order valence-corrected chi connectivity index (χ3v) is 7.36. The van der Waals surface area contributed by atoms with Gasteiger partial charge < -0.3 is 19.3 Å². The van der Waals surface area contributed by atoms with E-state index in [2.05, 4.69) is 22.0 Å². The number of piperazine rings is 1. The molecule has 0 aliphatic carbocycles. The van der Waals surface area contributed by atoms with Gasteiger partial charge in [-0.3, -0.25) is 18.9 Å².